The Morgan fingerprint density at radius 2 is 1.79 bits per heavy atom. The second-order valence-corrected chi connectivity index (χ2v) is 9.40. The van der Waals surface area contributed by atoms with Crippen LogP contribution in [0.15, 0.2) is 24.3 Å². The van der Waals surface area contributed by atoms with Crippen molar-refractivity contribution < 1.29 is 17.9 Å². The number of benzene rings is 1. The maximum atomic E-state index is 12.2. The largest absolute Gasteiger partial charge is 0.481 e. The number of sulfonamides is 1. The molecule has 1 amide bonds. The van der Waals surface area contributed by atoms with Gasteiger partial charge in [0.05, 0.1) is 11.9 Å². The highest BCUT2D eigenvalue weighted by atomic mass is 32.2. The van der Waals surface area contributed by atoms with Crippen LogP contribution >= 0.6 is 0 Å². The second kappa shape index (κ2) is 10.7. The van der Waals surface area contributed by atoms with Crippen molar-refractivity contribution in [1.29, 1.82) is 0 Å². The number of nitrogens with one attached hydrogen (secondary N) is 1. The van der Waals surface area contributed by atoms with Gasteiger partial charge in [-0.25, -0.2) is 8.42 Å². The molecule has 1 atom stereocenters. The highest BCUT2D eigenvalue weighted by Gasteiger charge is 2.16. The molecule has 1 fully saturated rings. The van der Waals surface area contributed by atoms with Crippen LogP contribution in [-0.2, 0) is 14.8 Å². The van der Waals surface area contributed by atoms with Gasteiger partial charge in [-0.05, 0) is 70.1 Å². The Labute approximate surface area is 169 Å². The lowest BCUT2D eigenvalue weighted by atomic mass is 10.2. The zero-order valence-electron chi connectivity index (χ0n) is 17.2. The number of likely N-dealkylation sites (tertiary alicyclic amines) is 1. The molecule has 0 aliphatic carbocycles. The Bertz CT molecular complexity index is 713. The first-order valence-electron chi connectivity index (χ1n) is 9.98. The summed E-state index contributed by atoms with van der Waals surface area (Å²) in [7, 11) is -1.81. The second-order valence-electron chi connectivity index (χ2n) is 7.38. The summed E-state index contributed by atoms with van der Waals surface area (Å²) in [6.07, 6.45) is 6.67. The summed E-state index contributed by atoms with van der Waals surface area (Å²) >= 11 is 0. The Morgan fingerprint density at radius 3 is 2.36 bits per heavy atom. The minimum atomic E-state index is -3.30. The van der Waals surface area contributed by atoms with Crippen LogP contribution in [0.1, 0.15) is 39.0 Å². The molecule has 0 unspecified atom stereocenters. The molecule has 1 aliphatic rings. The van der Waals surface area contributed by atoms with E-state index in [-0.39, 0.29) is 5.91 Å². The molecule has 1 N–H and O–H groups in total. The highest BCUT2D eigenvalue weighted by Crippen LogP contribution is 2.21. The van der Waals surface area contributed by atoms with Gasteiger partial charge in [-0.3, -0.25) is 9.10 Å². The third-order valence-electron chi connectivity index (χ3n) is 5.03. The summed E-state index contributed by atoms with van der Waals surface area (Å²) in [5.41, 5.74) is 0.542. The van der Waals surface area contributed by atoms with E-state index < -0.39 is 16.1 Å². The first kappa shape index (κ1) is 22.5. The molecule has 1 aromatic rings. The van der Waals surface area contributed by atoms with Gasteiger partial charge in [0.25, 0.3) is 5.91 Å². The summed E-state index contributed by atoms with van der Waals surface area (Å²) in [5, 5.41) is 2.93. The molecule has 0 spiro atoms. The summed E-state index contributed by atoms with van der Waals surface area (Å²) in [6.45, 7) is 5.70. The van der Waals surface area contributed by atoms with Crippen LogP contribution in [-0.4, -0.2) is 64.8 Å². The molecule has 28 heavy (non-hydrogen) atoms. The van der Waals surface area contributed by atoms with Crippen LogP contribution in [0.4, 0.5) is 5.69 Å². The fourth-order valence-corrected chi connectivity index (χ4v) is 3.71. The Hall–Kier alpha value is -1.80. The van der Waals surface area contributed by atoms with Gasteiger partial charge in [0.15, 0.2) is 6.10 Å². The van der Waals surface area contributed by atoms with E-state index in [0.29, 0.717) is 18.0 Å². The van der Waals surface area contributed by atoms with Gasteiger partial charge in [0, 0.05) is 13.6 Å². The van der Waals surface area contributed by atoms with E-state index in [1.165, 1.54) is 37.0 Å². The van der Waals surface area contributed by atoms with Crippen LogP contribution in [0.3, 0.4) is 0 Å². The third-order valence-corrected chi connectivity index (χ3v) is 6.23. The van der Waals surface area contributed by atoms with Crippen molar-refractivity contribution in [3.63, 3.8) is 0 Å². The fraction of sp³-hybridized carbons (Fsp3) is 0.650. The molecular formula is C20H33N3O4S. The average molecular weight is 412 g/mol. The lowest BCUT2D eigenvalue weighted by Gasteiger charge is -2.20. The van der Waals surface area contributed by atoms with E-state index >= 15 is 0 Å². The van der Waals surface area contributed by atoms with Gasteiger partial charge in [-0.1, -0.05) is 12.8 Å². The van der Waals surface area contributed by atoms with Crippen LogP contribution < -0.4 is 14.4 Å². The normalized spacial score (nSPS) is 16.8. The highest BCUT2D eigenvalue weighted by molar-refractivity contribution is 7.92. The zero-order valence-corrected chi connectivity index (χ0v) is 18.0. The van der Waals surface area contributed by atoms with Gasteiger partial charge < -0.3 is 15.0 Å². The fourth-order valence-electron chi connectivity index (χ4n) is 3.20. The Kier molecular flexibility index (Phi) is 8.57. The lowest BCUT2D eigenvalue weighted by Crippen LogP contribution is -2.38. The Balaban J connectivity index is 1.72. The van der Waals surface area contributed by atoms with Crippen molar-refractivity contribution in [2.24, 2.45) is 0 Å². The molecule has 8 heteroatoms. The zero-order chi connectivity index (χ0) is 20.6. The molecule has 0 radical (unpaired) electrons. The van der Waals surface area contributed by atoms with Crippen LogP contribution in [0.5, 0.6) is 5.75 Å². The van der Waals surface area contributed by atoms with Crippen molar-refractivity contribution in [2.75, 3.05) is 43.8 Å². The quantitative estimate of drug-likeness (QED) is 0.631. The van der Waals surface area contributed by atoms with Crippen LogP contribution in [0.2, 0.25) is 0 Å². The summed E-state index contributed by atoms with van der Waals surface area (Å²) in [5.74, 6) is 0.381. The minimum Gasteiger partial charge on any atom is -0.481 e. The number of amides is 1. The SMILES string of the molecule is C[C@@H](Oc1ccc(N(C)S(C)(=O)=O)cc1)C(=O)NCCCN1CCCCCC1. The van der Waals surface area contributed by atoms with Crippen molar-refractivity contribution in [1.82, 2.24) is 10.2 Å². The van der Waals surface area contributed by atoms with Gasteiger partial charge in [-0.2, -0.15) is 0 Å². The number of carbonyl (C=O) groups excluding carboxylic acids is 1. The van der Waals surface area contributed by atoms with Crippen molar-refractivity contribution >= 4 is 21.6 Å². The van der Waals surface area contributed by atoms with E-state index in [1.54, 1.807) is 31.2 Å². The van der Waals surface area contributed by atoms with E-state index in [4.69, 9.17) is 4.74 Å². The molecule has 0 saturated carbocycles. The minimum absolute atomic E-state index is 0.145. The molecule has 1 saturated heterocycles. The Morgan fingerprint density at radius 1 is 1.18 bits per heavy atom. The number of ether oxygens (including phenoxy) is 1. The molecule has 2 rings (SSSR count). The third kappa shape index (κ3) is 7.31. The molecule has 0 bridgehead atoms. The summed E-state index contributed by atoms with van der Waals surface area (Å²) in [6, 6.07) is 6.64. The van der Waals surface area contributed by atoms with E-state index in [2.05, 4.69) is 10.2 Å². The first-order valence-corrected chi connectivity index (χ1v) is 11.8. The van der Waals surface area contributed by atoms with Gasteiger partial charge in [0.2, 0.25) is 10.0 Å². The van der Waals surface area contributed by atoms with Crippen molar-refractivity contribution in [2.45, 2.75) is 45.1 Å². The lowest BCUT2D eigenvalue weighted by molar-refractivity contribution is -0.127. The van der Waals surface area contributed by atoms with Gasteiger partial charge in [-0.15, -0.1) is 0 Å². The maximum Gasteiger partial charge on any atom is 0.260 e. The summed E-state index contributed by atoms with van der Waals surface area (Å²) < 4.78 is 30.0. The number of anilines is 1. The summed E-state index contributed by atoms with van der Waals surface area (Å²) in [4.78, 5) is 14.7. The van der Waals surface area contributed by atoms with Crippen LogP contribution in [0, 0.1) is 0 Å². The molecule has 7 nitrogen and oxygen atoms in total. The monoisotopic (exact) mass is 411 g/mol. The molecule has 158 valence electrons. The van der Waals surface area contributed by atoms with Gasteiger partial charge in [0.1, 0.15) is 5.75 Å². The number of hydrogen-bond acceptors (Lipinski definition) is 5. The van der Waals surface area contributed by atoms with Crippen LogP contribution in [0.25, 0.3) is 0 Å². The number of nitrogens with zero attached hydrogens (tertiary/aromatic N) is 2. The maximum absolute atomic E-state index is 12.2. The molecular weight excluding hydrogens is 378 g/mol. The van der Waals surface area contributed by atoms with Gasteiger partial charge >= 0.3 is 0 Å². The van der Waals surface area contributed by atoms with E-state index in [0.717, 1.165) is 32.3 Å². The standard InChI is InChI=1S/C20H33N3O4S/c1-17(20(24)21-13-8-16-23-14-6-4-5-7-15-23)27-19-11-9-18(10-12-19)22(2)28(3,25)26/h9-12,17H,4-8,13-16H2,1-3H3,(H,21,24)/t17-/m1/s1. The predicted octanol–water partition coefficient (Wildman–Crippen LogP) is 2.23. The molecule has 1 aliphatic heterocycles. The molecule has 1 heterocycles. The number of carbonyl (C=O) groups is 1. The first-order chi connectivity index (χ1) is 13.3. The van der Waals surface area contributed by atoms with Crippen molar-refractivity contribution in [3.05, 3.63) is 24.3 Å². The molecule has 1 aromatic carbocycles. The van der Waals surface area contributed by atoms with E-state index in [9.17, 15) is 13.2 Å². The molecule has 0 aromatic heterocycles. The smallest absolute Gasteiger partial charge is 0.260 e. The predicted molar refractivity (Wildman–Crippen MR) is 112 cm³/mol. The topological polar surface area (TPSA) is 78.9 Å². The number of hydrogen-bond donors (Lipinski definition) is 1. The van der Waals surface area contributed by atoms with E-state index in [1.807, 2.05) is 0 Å². The van der Waals surface area contributed by atoms with Crippen molar-refractivity contribution in [3.8, 4) is 5.75 Å². The number of rotatable bonds is 9. The average Bonchev–Trinajstić information content (AvgIpc) is 2.93.